The Morgan fingerprint density at radius 1 is 1.02 bits per heavy atom. The number of benzene rings is 2. The van der Waals surface area contributed by atoms with Crippen molar-refractivity contribution in [2.45, 2.75) is 91.8 Å². The van der Waals surface area contributed by atoms with Crippen LogP contribution in [0.3, 0.4) is 0 Å². The Bertz CT molecular complexity index is 1680. The molecule has 3 aromatic rings. The molecule has 0 bridgehead atoms. The first-order chi connectivity index (χ1) is 21.0. The highest BCUT2D eigenvalue weighted by Gasteiger charge is 2.66. The van der Waals surface area contributed by atoms with E-state index in [1.54, 1.807) is 6.92 Å². The molecule has 2 aromatic carbocycles. The van der Waals surface area contributed by atoms with Crippen molar-refractivity contribution in [3.63, 3.8) is 0 Å². The number of fused-ring (bicyclic) bond motifs is 1. The fourth-order valence-corrected chi connectivity index (χ4v) is 6.09. The van der Waals surface area contributed by atoms with Crippen LogP contribution < -0.4 is 14.9 Å². The van der Waals surface area contributed by atoms with Gasteiger partial charge in [-0.1, -0.05) is 44.1 Å². The van der Waals surface area contributed by atoms with E-state index < -0.39 is 40.7 Å². The van der Waals surface area contributed by atoms with E-state index in [4.69, 9.17) is 13.9 Å². The van der Waals surface area contributed by atoms with Gasteiger partial charge in [0.25, 0.3) is 5.85 Å². The van der Waals surface area contributed by atoms with Crippen LogP contribution in [0.2, 0.25) is 0 Å². The topological polar surface area (TPSA) is 89.1 Å². The molecule has 4 rings (SSSR count). The summed E-state index contributed by atoms with van der Waals surface area (Å²) in [5.41, 5.74) is -0.698. The second-order valence-corrected chi connectivity index (χ2v) is 12.9. The van der Waals surface area contributed by atoms with Crippen LogP contribution in [0.15, 0.2) is 56.8 Å². The van der Waals surface area contributed by atoms with Gasteiger partial charge in [-0.15, -0.1) is 0 Å². The highest BCUT2D eigenvalue weighted by molar-refractivity contribution is 5.93. The molecule has 1 saturated carbocycles. The second kappa shape index (κ2) is 12.9. The minimum atomic E-state index is -2.90. The summed E-state index contributed by atoms with van der Waals surface area (Å²) < 4.78 is 64.5. The maximum Gasteiger partial charge on any atom is 0.285 e. The fourth-order valence-electron chi connectivity index (χ4n) is 6.09. The fraction of sp³-hybridized carbons (Fsp3) is 0.472. The van der Waals surface area contributed by atoms with Crippen LogP contribution in [0.4, 0.5) is 13.2 Å². The van der Waals surface area contributed by atoms with Crippen LogP contribution >= 0.6 is 0 Å². The van der Waals surface area contributed by atoms with Crippen LogP contribution in [0.1, 0.15) is 72.4 Å². The van der Waals surface area contributed by atoms with Crippen molar-refractivity contribution in [2.75, 3.05) is 7.11 Å². The van der Waals surface area contributed by atoms with Crippen molar-refractivity contribution in [1.29, 1.82) is 0 Å². The molecule has 0 spiro atoms. The highest BCUT2D eigenvalue weighted by atomic mass is 19.2. The first kappa shape index (κ1) is 34.0. The number of alkyl halides is 3. The summed E-state index contributed by atoms with van der Waals surface area (Å²) in [5.74, 6) is -5.10. The normalized spacial score (nSPS) is 23.2. The van der Waals surface area contributed by atoms with Gasteiger partial charge >= 0.3 is 0 Å². The Kier molecular flexibility index (Phi) is 9.71. The van der Waals surface area contributed by atoms with Gasteiger partial charge in [-0.25, -0.2) is 8.78 Å². The predicted octanol–water partition coefficient (Wildman–Crippen LogP) is 9.07. The number of allylic oxidation sites excluding steroid dienone is 4. The quantitative estimate of drug-likeness (QED) is 0.230. The Balaban J connectivity index is 1.86. The molecule has 1 heterocycles. The lowest BCUT2D eigenvalue weighted by Crippen LogP contribution is -2.64. The third-order valence-electron chi connectivity index (χ3n) is 8.56. The summed E-state index contributed by atoms with van der Waals surface area (Å²) in [6.45, 7) is 12.1. The van der Waals surface area contributed by atoms with E-state index in [2.05, 4.69) is 0 Å². The first-order valence-corrected chi connectivity index (χ1v) is 15.2. The molecule has 45 heavy (non-hydrogen) atoms. The molecule has 1 aliphatic rings. The molecule has 0 radical (unpaired) electrons. The van der Waals surface area contributed by atoms with Crippen molar-refractivity contribution in [3.8, 4) is 34.3 Å². The van der Waals surface area contributed by atoms with Gasteiger partial charge in [-0.2, -0.15) is 4.39 Å². The number of halogens is 3. The zero-order valence-corrected chi connectivity index (χ0v) is 27.2. The van der Waals surface area contributed by atoms with E-state index in [9.17, 15) is 19.4 Å². The van der Waals surface area contributed by atoms with E-state index in [0.717, 1.165) is 11.1 Å². The van der Waals surface area contributed by atoms with Crippen molar-refractivity contribution < 1.29 is 37.3 Å². The number of hydrogen-bond donors (Lipinski definition) is 2. The van der Waals surface area contributed by atoms with E-state index in [-0.39, 0.29) is 65.2 Å². The molecule has 0 aliphatic heterocycles. The smallest absolute Gasteiger partial charge is 0.285 e. The van der Waals surface area contributed by atoms with Crippen molar-refractivity contribution in [2.24, 2.45) is 11.8 Å². The van der Waals surface area contributed by atoms with Gasteiger partial charge in [0.05, 0.1) is 7.11 Å². The van der Waals surface area contributed by atoms with Crippen LogP contribution in [-0.4, -0.2) is 35.0 Å². The van der Waals surface area contributed by atoms with Gasteiger partial charge in [0.1, 0.15) is 34.4 Å². The van der Waals surface area contributed by atoms with Crippen LogP contribution in [0.5, 0.6) is 23.0 Å². The number of hydrogen-bond acceptors (Lipinski definition) is 6. The molecule has 9 heteroatoms. The number of ether oxygens (including phenoxy) is 2. The summed E-state index contributed by atoms with van der Waals surface area (Å²) in [7, 11) is 1.29. The lowest BCUT2D eigenvalue weighted by atomic mass is 9.70. The zero-order valence-electron chi connectivity index (χ0n) is 27.2. The predicted molar refractivity (Wildman–Crippen MR) is 171 cm³/mol. The third-order valence-corrected chi connectivity index (χ3v) is 8.56. The maximum atomic E-state index is 16.2. The number of methoxy groups -OCH3 is 1. The van der Waals surface area contributed by atoms with Crippen molar-refractivity contribution in [3.05, 3.63) is 68.9 Å². The summed E-state index contributed by atoms with van der Waals surface area (Å²) in [6, 6.07) is 5.74. The van der Waals surface area contributed by atoms with Gasteiger partial charge in [0.2, 0.25) is 16.8 Å². The molecule has 1 aliphatic carbocycles. The van der Waals surface area contributed by atoms with E-state index in [0.29, 0.717) is 11.1 Å². The molecule has 1 fully saturated rings. The van der Waals surface area contributed by atoms with E-state index in [1.165, 1.54) is 45.2 Å². The maximum absolute atomic E-state index is 16.2. The summed E-state index contributed by atoms with van der Waals surface area (Å²) in [4.78, 5) is 13.8. The molecule has 6 nitrogen and oxygen atoms in total. The van der Waals surface area contributed by atoms with Gasteiger partial charge in [0, 0.05) is 23.1 Å². The minimum Gasteiger partial charge on any atom is -0.507 e. The summed E-state index contributed by atoms with van der Waals surface area (Å²) in [5, 5.41) is 22.4. The van der Waals surface area contributed by atoms with Gasteiger partial charge in [0.15, 0.2) is 5.76 Å². The van der Waals surface area contributed by atoms with Crippen LogP contribution in [0.25, 0.3) is 22.3 Å². The molecule has 4 unspecified atom stereocenters. The molecule has 4 atom stereocenters. The Morgan fingerprint density at radius 2 is 1.60 bits per heavy atom. The van der Waals surface area contributed by atoms with Gasteiger partial charge in [-0.3, -0.25) is 4.79 Å². The molecule has 0 amide bonds. The number of aromatic hydroxyl groups is 2. The minimum absolute atomic E-state index is 0.00272. The first-order valence-electron chi connectivity index (χ1n) is 15.2. The number of phenolic OH excluding ortho intramolecular Hbond substituents is 2. The standard InChI is InChI=1S/C36H43F3O6/c1-19(2)9-15-25-29(40)26(16-10-20(3)4)33-28(30(25)41)31(42)34(43-8)32(44-33)23-11-13-24(14-12-23)45-35(38)18-22(7)17-27(37)36(35,39)21(5)6/h9-14,21-22,27,40-41H,15-18H2,1-8H3. The molecular formula is C36H43F3O6. The van der Waals surface area contributed by atoms with Crippen molar-refractivity contribution >= 4 is 11.0 Å². The largest absolute Gasteiger partial charge is 0.507 e. The Hall–Kier alpha value is -3.88. The zero-order chi connectivity index (χ0) is 33.4. The van der Waals surface area contributed by atoms with Crippen LogP contribution in [-0.2, 0) is 12.8 Å². The van der Waals surface area contributed by atoms with Crippen molar-refractivity contribution in [1.82, 2.24) is 0 Å². The van der Waals surface area contributed by atoms with E-state index >= 15 is 8.78 Å². The van der Waals surface area contributed by atoms with E-state index in [1.807, 2.05) is 39.8 Å². The molecule has 244 valence electrons. The summed E-state index contributed by atoms with van der Waals surface area (Å²) in [6.07, 6.45) is 1.68. The highest BCUT2D eigenvalue weighted by Crippen LogP contribution is 2.52. The number of phenols is 2. The molecular weight excluding hydrogens is 585 g/mol. The third kappa shape index (κ3) is 6.18. The Labute approximate surface area is 262 Å². The number of rotatable bonds is 9. The van der Waals surface area contributed by atoms with Crippen LogP contribution in [0, 0.1) is 11.8 Å². The molecule has 0 saturated heterocycles. The average Bonchev–Trinajstić information content (AvgIpc) is 2.95. The average molecular weight is 629 g/mol. The monoisotopic (exact) mass is 628 g/mol. The Morgan fingerprint density at radius 3 is 2.13 bits per heavy atom. The summed E-state index contributed by atoms with van der Waals surface area (Å²) >= 11 is 0. The van der Waals surface area contributed by atoms with Gasteiger partial charge in [-0.05, 0) is 83.1 Å². The van der Waals surface area contributed by atoms with Gasteiger partial charge < -0.3 is 24.1 Å². The lowest BCUT2D eigenvalue weighted by molar-refractivity contribution is -0.247. The lowest BCUT2D eigenvalue weighted by Gasteiger charge is -2.48. The second-order valence-electron chi connectivity index (χ2n) is 12.9. The molecule has 1 aromatic heterocycles. The molecule has 2 N–H and O–H groups in total. The SMILES string of the molecule is COc1c(-c2ccc(OC3(F)CC(C)CC(F)C3(F)C(C)C)cc2)oc2c(CC=C(C)C)c(O)c(CC=C(C)C)c(O)c2c1=O.